The maximum Gasteiger partial charge on any atom is 0.410 e. The van der Waals surface area contributed by atoms with Crippen molar-refractivity contribution in [2.24, 2.45) is 0 Å². The summed E-state index contributed by atoms with van der Waals surface area (Å²) in [5, 5.41) is 5.87. The highest BCUT2D eigenvalue weighted by atomic mass is 35.5. The lowest BCUT2D eigenvalue weighted by Gasteiger charge is -2.34. The van der Waals surface area contributed by atoms with Crippen molar-refractivity contribution >= 4 is 28.5 Å². The molecule has 1 aromatic carbocycles. The smallest absolute Gasteiger partial charge is 0.410 e. The molecule has 3 rings (SSSR count). The topological polar surface area (TPSA) is 54.5 Å². The van der Waals surface area contributed by atoms with Crippen molar-refractivity contribution in [1.82, 2.24) is 15.2 Å². The van der Waals surface area contributed by atoms with E-state index in [2.05, 4.69) is 10.3 Å². The number of ether oxygens (including phenoxy) is 1. The molecule has 0 spiro atoms. The van der Waals surface area contributed by atoms with Crippen molar-refractivity contribution in [3.05, 3.63) is 41.2 Å². The number of nitrogens with zero attached hydrogens (tertiary/aromatic N) is 2. The van der Waals surface area contributed by atoms with Gasteiger partial charge < -0.3 is 15.0 Å². The number of fused-ring (bicyclic) bond motifs is 1. The molecule has 1 amide bonds. The van der Waals surface area contributed by atoms with Gasteiger partial charge in [0.15, 0.2) is 0 Å². The number of hydrogen-bond donors (Lipinski definition) is 1. The highest BCUT2D eigenvalue weighted by Crippen LogP contribution is 2.26. The average Bonchev–Trinajstić information content (AvgIpc) is 2.53. The SMILES string of the molecule is CC(C)(C)OC(=O)N1CCNC(c2cc3ccccc3c(Cl)n2)C1. The van der Waals surface area contributed by atoms with Gasteiger partial charge in [0.25, 0.3) is 0 Å². The molecule has 24 heavy (non-hydrogen) atoms. The molecule has 0 bridgehead atoms. The molecule has 6 heteroatoms. The molecule has 1 unspecified atom stereocenters. The molecule has 1 aromatic heterocycles. The molecule has 0 radical (unpaired) electrons. The summed E-state index contributed by atoms with van der Waals surface area (Å²) in [4.78, 5) is 18.5. The van der Waals surface area contributed by atoms with Gasteiger partial charge in [0.05, 0.1) is 11.7 Å². The lowest BCUT2D eigenvalue weighted by atomic mass is 10.1. The number of pyridine rings is 1. The Morgan fingerprint density at radius 1 is 1.38 bits per heavy atom. The Hall–Kier alpha value is -1.85. The van der Waals surface area contributed by atoms with Gasteiger partial charge in [-0.15, -0.1) is 0 Å². The number of benzene rings is 1. The molecule has 128 valence electrons. The van der Waals surface area contributed by atoms with Gasteiger partial charge in [-0.2, -0.15) is 0 Å². The van der Waals surface area contributed by atoms with Crippen LogP contribution in [0.1, 0.15) is 32.5 Å². The van der Waals surface area contributed by atoms with Crippen LogP contribution >= 0.6 is 11.6 Å². The molecule has 5 nitrogen and oxygen atoms in total. The maximum atomic E-state index is 12.3. The van der Waals surface area contributed by atoms with Gasteiger partial charge >= 0.3 is 6.09 Å². The van der Waals surface area contributed by atoms with Crippen LogP contribution < -0.4 is 5.32 Å². The minimum absolute atomic E-state index is 0.0617. The molecule has 0 aliphatic carbocycles. The van der Waals surface area contributed by atoms with Crippen LogP contribution in [0.15, 0.2) is 30.3 Å². The highest BCUT2D eigenvalue weighted by molar-refractivity contribution is 6.34. The molecule has 0 saturated carbocycles. The van der Waals surface area contributed by atoms with Crippen LogP contribution in [0.5, 0.6) is 0 Å². The third-order valence-corrected chi connectivity index (χ3v) is 4.19. The van der Waals surface area contributed by atoms with Crippen LogP contribution in [0, 0.1) is 0 Å². The second-order valence-corrected chi connectivity index (χ2v) is 7.35. The van der Waals surface area contributed by atoms with Crippen LogP contribution in [0.4, 0.5) is 4.79 Å². The highest BCUT2D eigenvalue weighted by Gasteiger charge is 2.29. The Morgan fingerprint density at radius 2 is 2.12 bits per heavy atom. The zero-order valence-electron chi connectivity index (χ0n) is 14.2. The first kappa shape index (κ1) is 17.0. The summed E-state index contributed by atoms with van der Waals surface area (Å²) in [6.45, 7) is 7.43. The van der Waals surface area contributed by atoms with Crippen molar-refractivity contribution in [3.63, 3.8) is 0 Å². The molecule has 2 heterocycles. The van der Waals surface area contributed by atoms with Gasteiger partial charge in [0, 0.05) is 25.0 Å². The maximum absolute atomic E-state index is 12.3. The van der Waals surface area contributed by atoms with Crippen LogP contribution in [-0.4, -0.2) is 41.2 Å². The normalized spacial score (nSPS) is 18.7. The van der Waals surface area contributed by atoms with E-state index in [-0.39, 0.29) is 12.1 Å². The largest absolute Gasteiger partial charge is 0.444 e. The number of halogens is 1. The zero-order chi connectivity index (χ0) is 17.3. The summed E-state index contributed by atoms with van der Waals surface area (Å²) >= 11 is 6.32. The molecule has 1 N–H and O–H groups in total. The number of nitrogens with one attached hydrogen (secondary N) is 1. The summed E-state index contributed by atoms with van der Waals surface area (Å²) in [5.74, 6) is 0. The van der Waals surface area contributed by atoms with E-state index in [0.717, 1.165) is 16.5 Å². The fourth-order valence-electron chi connectivity index (χ4n) is 2.79. The second kappa shape index (κ2) is 6.57. The van der Waals surface area contributed by atoms with Gasteiger partial charge in [-0.1, -0.05) is 35.9 Å². The molecular formula is C18H22ClN3O2. The molecule has 1 saturated heterocycles. The monoisotopic (exact) mass is 347 g/mol. The number of aromatic nitrogens is 1. The molecule has 1 aliphatic heterocycles. The second-order valence-electron chi connectivity index (χ2n) is 6.99. The first-order valence-corrected chi connectivity index (χ1v) is 8.48. The molecule has 1 atom stereocenters. The summed E-state index contributed by atoms with van der Waals surface area (Å²) in [7, 11) is 0. The summed E-state index contributed by atoms with van der Waals surface area (Å²) in [6.07, 6.45) is -0.291. The van der Waals surface area contributed by atoms with Gasteiger partial charge in [-0.05, 0) is 32.2 Å². The summed E-state index contributed by atoms with van der Waals surface area (Å²) in [5.41, 5.74) is 0.342. The number of amides is 1. The molecule has 2 aromatic rings. The van der Waals surface area contributed by atoms with Gasteiger partial charge in [-0.25, -0.2) is 9.78 Å². The van der Waals surface area contributed by atoms with Crippen LogP contribution in [0.2, 0.25) is 5.15 Å². The number of hydrogen-bond acceptors (Lipinski definition) is 4. The van der Waals surface area contributed by atoms with Gasteiger partial charge in [-0.3, -0.25) is 0 Å². The molecule has 1 aliphatic rings. The van der Waals surface area contributed by atoms with E-state index in [9.17, 15) is 4.79 Å². The fourth-order valence-corrected chi connectivity index (χ4v) is 3.06. The van der Waals surface area contributed by atoms with Crippen molar-refractivity contribution in [1.29, 1.82) is 0 Å². The van der Waals surface area contributed by atoms with Crippen molar-refractivity contribution < 1.29 is 9.53 Å². The Bertz CT molecular complexity index is 758. The number of rotatable bonds is 1. The van der Waals surface area contributed by atoms with E-state index in [1.807, 2.05) is 51.1 Å². The van der Waals surface area contributed by atoms with Gasteiger partial charge in [0.2, 0.25) is 0 Å². The zero-order valence-corrected chi connectivity index (χ0v) is 14.9. The predicted molar refractivity (Wildman–Crippen MR) is 95.3 cm³/mol. The van der Waals surface area contributed by atoms with Crippen molar-refractivity contribution in [2.75, 3.05) is 19.6 Å². The fraction of sp³-hybridized carbons (Fsp3) is 0.444. The average molecular weight is 348 g/mol. The lowest BCUT2D eigenvalue weighted by molar-refractivity contribution is 0.0194. The Morgan fingerprint density at radius 3 is 2.88 bits per heavy atom. The summed E-state index contributed by atoms with van der Waals surface area (Å²) < 4.78 is 5.47. The molecular weight excluding hydrogens is 326 g/mol. The van der Waals surface area contributed by atoms with E-state index in [4.69, 9.17) is 16.3 Å². The van der Waals surface area contributed by atoms with Crippen molar-refractivity contribution in [3.8, 4) is 0 Å². The Kier molecular flexibility index (Phi) is 4.65. The first-order chi connectivity index (χ1) is 11.3. The third kappa shape index (κ3) is 3.79. The Labute approximate surface area is 146 Å². The third-order valence-electron chi connectivity index (χ3n) is 3.90. The van der Waals surface area contributed by atoms with Crippen LogP contribution in [0.25, 0.3) is 10.8 Å². The quantitative estimate of drug-likeness (QED) is 0.798. The number of piperazine rings is 1. The van der Waals surface area contributed by atoms with E-state index in [1.165, 1.54) is 0 Å². The van der Waals surface area contributed by atoms with E-state index in [1.54, 1.807) is 4.90 Å². The van der Waals surface area contributed by atoms with Crippen molar-refractivity contribution in [2.45, 2.75) is 32.4 Å². The van der Waals surface area contributed by atoms with E-state index < -0.39 is 5.60 Å². The number of carbonyl (C=O) groups excluding carboxylic acids is 1. The standard InChI is InChI=1S/C18H22ClN3O2/c1-18(2,3)24-17(23)22-9-8-20-15(11-22)14-10-12-6-4-5-7-13(12)16(19)21-14/h4-7,10,15,20H,8-9,11H2,1-3H3. The van der Waals surface area contributed by atoms with Crippen LogP contribution in [0.3, 0.4) is 0 Å². The number of carbonyl (C=O) groups is 1. The molecule has 1 fully saturated rings. The van der Waals surface area contributed by atoms with Crippen LogP contribution in [-0.2, 0) is 4.74 Å². The minimum Gasteiger partial charge on any atom is -0.444 e. The predicted octanol–water partition coefficient (Wildman–Crippen LogP) is 3.77. The van der Waals surface area contributed by atoms with E-state index in [0.29, 0.717) is 24.8 Å². The summed E-state index contributed by atoms with van der Waals surface area (Å²) in [6, 6.07) is 9.85. The first-order valence-electron chi connectivity index (χ1n) is 8.10. The Balaban J connectivity index is 1.81. The minimum atomic E-state index is -0.498. The van der Waals surface area contributed by atoms with Gasteiger partial charge in [0.1, 0.15) is 10.8 Å². The van der Waals surface area contributed by atoms with E-state index >= 15 is 0 Å². The lowest BCUT2D eigenvalue weighted by Crippen LogP contribution is -2.49.